The van der Waals surface area contributed by atoms with Crippen molar-refractivity contribution in [1.29, 1.82) is 0 Å². The van der Waals surface area contributed by atoms with Crippen LogP contribution in [0.15, 0.2) is 29.6 Å². The molecule has 0 unspecified atom stereocenters. The Hall–Kier alpha value is -1.19. The van der Waals surface area contributed by atoms with Crippen LogP contribution in [-0.2, 0) is 0 Å². The fourth-order valence-corrected chi connectivity index (χ4v) is 1.97. The maximum Gasteiger partial charge on any atom is 0.177 e. The fourth-order valence-electron chi connectivity index (χ4n) is 1.12. The number of thiophene rings is 1. The Kier molecular flexibility index (Phi) is 2.84. The highest BCUT2D eigenvalue weighted by molar-refractivity contribution is 7.12. The first-order valence-corrected chi connectivity index (χ1v) is 5.63. The van der Waals surface area contributed by atoms with E-state index in [1.54, 1.807) is 29.6 Å². The van der Waals surface area contributed by atoms with E-state index in [9.17, 15) is 5.11 Å². The summed E-state index contributed by atoms with van der Waals surface area (Å²) in [5, 5.41) is 12.1. The lowest BCUT2D eigenvalue weighted by Crippen LogP contribution is -1.83. The Morgan fingerprint density at radius 1 is 1.27 bits per heavy atom. The van der Waals surface area contributed by atoms with Gasteiger partial charge in [0, 0.05) is 16.0 Å². The minimum atomic E-state index is 0.291. The molecule has 0 aliphatic rings. The summed E-state index contributed by atoms with van der Waals surface area (Å²) in [5.41, 5.74) is 0.759. The largest absolute Gasteiger partial charge is 0.499 e. The molecule has 4 heteroatoms. The van der Waals surface area contributed by atoms with Crippen molar-refractivity contribution in [1.82, 2.24) is 0 Å². The molecule has 0 radical (unpaired) electrons. The highest BCUT2D eigenvalue weighted by Gasteiger charge is 2.07. The monoisotopic (exact) mass is 240 g/mol. The number of ether oxygens (including phenoxy) is 1. The SMILES string of the molecule is Cc1c(Oc2ccc(Cl)cc2)csc1O. The Morgan fingerprint density at radius 3 is 2.47 bits per heavy atom. The van der Waals surface area contributed by atoms with Gasteiger partial charge in [0.25, 0.3) is 0 Å². The molecule has 0 aliphatic carbocycles. The van der Waals surface area contributed by atoms with Crippen LogP contribution in [-0.4, -0.2) is 5.11 Å². The third-order valence-corrected chi connectivity index (χ3v) is 3.12. The quantitative estimate of drug-likeness (QED) is 0.852. The zero-order chi connectivity index (χ0) is 10.8. The number of benzene rings is 1. The smallest absolute Gasteiger partial charge is 0.177 e. The van der Waals surface area contributed by atoms with Gasteiger partial charge in [-0.25, -0.2) is 0 Å². The minimum Gasteiger partial charge on any atom is -0.499 e. The van der Waals surface area contributed by atoms with E-state index in [0.717, 1.165) is 5.56 Å². The number of halogens is 1. The summed E-state index contributed by atoms with van der Waals surface area (Å²) < 4.78 is 5.58. The average molecular weight is 241 g/mol. The molecule has 2 aromatic rings. The number of rotatable bonds is 2. The third kappa shape index (κ3) is 2.25. The Morgan fingerprint density at radius 2 is 1.93 bits per heavy atom. The predicted molar refractivity (Wildman–Crippen MR) is 62.2 cm³/mol. The van der Waals surface area contributed by atoms with Crippen LogP contribution in [0.3, 0.4) is 0 Å². The highest BCUT2D eigenvalue weighted by atomic mass is 35.5. The molecule has 1 N–H and O–H groups in total. The van der Waals surface area contributed by atoms with E-state index in [0.29, 0.717) is 21.6 Å². The van der Waals surface area contributed by atoms with Crippen LogP contribution < -0.4 is 4.74 Å². The standard InChI is InChI=1S/C11H9ClO2S/c1-7-10(6-15-11(7)13)14-9-4-2-8(12)3-5-9/h2-6,13H,1H3. The van der Waals surface area contributed by atoms with E-state index in [1.807, 2.05) is 6.92 Å². The molecule has 0 aliphatic heterocycles. The van der Waals surface area contributed by atoms with Crippen LogP contribution in [0.1, 0.15) is 5.56 Å². The normalized spacial score (nSPS) is 10.3. The van der Waals surface area contributed by atoms with E-state index in [1.165, 1.54) is 11.3 Å². The van der Waals surface area contributed by atoms with Gasteiger partial charge in [0.1, 0.15) is 11.5 Å². The van der Waals surface area contributed by atoms with Crippen molar-refractivity contribution in [3.05, 3.63) is 40.2 Å². The second kappa shape index (κ2) is 4.13. The Balaban J connectivity index is 2.22. The maximum absolute atomic E-state index is 9.38. The van der Waals surface area contributed by atoms with E-state index in [2.05, 4.69) is 0 Å². The molecular weight excluding hydrogens is 232 g/mol. The first-order valence-electron chi connectivity index (χ1n) is 4.37. The molecular formula is C11H9ClO2S. The molecule has 0 amide bonds. The lowest BCUT2D eigenvalue weighted by molar-refractivity contribution is 0.463. The van der Waals surface area contributed by atoms with Gasteiger partial charge >= 0.3 is 0 Å². The number of aromatic hydroxyl groups is 1. The Bertz CT molecular complexity index is 462. The van der Waals surface area contributed by atoms with Crippen molar-refractivity contribution in [2.45, 2.75) is 6.92 Å². The van der Waals surface area contributed by atoms with Crippen LogP contribution in [0.5, 0.6) is 16.6 Å². The fraction of sp³-hybridized carbons (Fsp3) is 0.0909. The van der Waals surface area contributed by atoms with Crippen LogP contribution in [0.4, 0.5) is 0 Å². The number of hydrogen-bond acceptors (Lipinski definition) is 3. The van der Waals surface area contributed by atoms with E-state index >= 15 is 0 Å². The molecule has 2 nitrogen and oxygen atoms in total. The molecule has 0 saturated heterocycles. The van der Waals surface area contributed by atoms with Gasteiger partial charge in [0.2, 0.25) is 0 Å². The summed E-state index contributed by atoms with van der Waals surface area (Å²) in [6.45, 7) is 1.82. The van der Waals surface area contributed by atoms with Crippen molar-refractivity contribution in [2.24, 2.45) is 0 Å². The van der Waals surface area contributed by atoms with Crippen molar-refractivity contribution < 1.29 is 9.84 Å². The summed E-state index contributed by atoms with van der Waals surface area (Å²) in [6.07, 6.45) is 0. The van der Waals surface area contributed by atoms with Gasteiger partial charge in [-0.05, 0) is 31.2 Å². The van der Waals surface area contributed by atoms with Gasteiger partial charge < -0.3 is 9.84 Å². The van der Waals surface area contributed by atoms with E-state index < -0.39 is 0 Å². The first-order chi connectivity index (χ1) is 7.16. The molecule has 0 fully saturated rings. The van der Waals surface area contributed by atoms with Crippen molar-refractivity contribution in [3.63, 3.8) is 0 Å². The summed E-state index contributed by atoms with van der Waals surface area (Å²) in [5.74, 6) is 1.39. The van der Waals surface area contributed by atoms with Gasteiger partial charge in [0.15, 0.2) is 5.06 Å². The zero-order valence-electron chi connectivity index (χ0n) is 8.03. The van der Waals surface area contributed by atoms with Crippen molar-refractivity contribution in [3.8, 4) is 16.6 Å². The molecule has 1 aromatic heterocycles. The third-order valence-electron chi connectivity index (χ3n) is 2.01. The molecule has 78 valence electrons. The topological polar surface area (TPSA) is 29.5 Å². The summed E-state index contributed by atoms with van der Waals surface area (Å²) in [6, 6.07) is 7.10. The minimum absolute atomic E-state index is 0.291. The molecule has 0 atom stereocenters. The van der Waals surface area contributed by atoms with Crippen LogP contribution in [0, 0.1) is 6.92 Å². The molecule has 1 aromatic carbocycles. The lowest BCUT2D eigenvalue weighted by atomic mass is 10.3. The molecule has 2 rings (SSSR count). The summed E-state index contributed by atoms with van der Waals surface area (Å²) in [7, 11) is 0. The average Bonchev–Trinajstić information content (AvgIpc) is 2.53. The highest BCUT2D eigenvalue weighted by Crippen LogP contribution is 2.36. The summed E-state index contributed by atoms with van der Waals surface area (Å²) >= 11 is 7.01. The molecule has 0 spiro atoms. The van der Waals surface area contributed by atoms with Gasteiger partial charge in [-0.3, -0.25) is 0 Å². The second-order valence-corrected chi connectivity index (χ2v) is 4.38. The van der Waals surface area contributed by atoms with Gasteiger partial charge in [-0.15, -0.1) is 11.3 Å². The first kappa shape index (κ1) is 10.3. The molecule has 15 heavy (non-hydrogen) atoms. The van der Waals surface area contributed by atoms with Crippen molar-refractivity contribution in [2.75, 3.05) is 0 Å². The molecule has 1 heterocycles. The Labute approximate surface area is 96.7 Å². The van der Waals surface area contributed by atoms with Gasteiger partial charge in [-0.1, -0.05) is 11.6 Å². The number of hydrogen-bond donors (Lipinski definition) is 1. The lowest BCUT2D eigenvalue weighted by Gasteiger charge is -2.04. The van der Waals surface area contributed by atoms with Crippen LogP contribution in [0.25, 0.3) is 0 Å². The second-order valence-electron chi connectivity index (χ2n) is 3.09. The van der Waals surface area contributed by atoms with Gasteiger partial charge in [-0.2, -0.15) is 0 Å². The van der Waals surface area contributed by atoms with Crippen LogP contribution >= 0.6 is 22.9 Å². The van der Waals surface area contributed by atoms with Gasteiger partial charge in [0.05, 0.1) is 0 Å². The van der Waals surface area contributed by atoms with Crippen molar-refractivity contribution >= 4 is 22.9 Å². The van der Waals surface area contributed by atoms with Crippen LogP contribution in [0.2, 0.25) is 5.02 Å². The van der Waals surface area contributed by atoms with E-state index in [-0.39, 0.29) is 0 Å². The maximum atomic E-state index is 9.38. The van der Waals surface area contributed by atoms with E-state index in [4.69, 9.17) is 16.3 Å². The molecule has 0 saturated carbocycles. The summed E-state index contributed by atoms with van der Waals surface area (Å²) in [4.78, 5) is 0. The zero-order valence-corrected chi connectivity index (χ0v) is 9.60. The predicted octanol–water partition coefficient (Wildman–Crippen LogP) is 4.21. The molecule has 0 bridgehead atoms.